The summed E-state index contributed by atoms with van der Waals surface area (Å²) >= 11 is 0. The molecule has 21 heavy (non-hydrogen) atoms. The molecule has 1 atom stereocenters. The van der Waals surface area contributed by atoms with Crippen molar-refractivity contribution in [2.45, 2.75) is 38.6 Å². The first-order valence-electron chi connectivity index (χ1n) is 8.21. The number of piperazine rings is 1. The van der Waals surface area contributed by atoms with E-state index >= 15 is 0 Å². The van der Waals surface area contributed by atoms with Crippen LogP contribution in [0.3, 0.4) is 0 Å². The highest BCUT2D eigenvalue weighted by atomic mass is 15.3. The van der Waals surface area contributed by atoms with Crippen LogP contribution in [-0.4, -0.2) is 61.2 Å². The molecule has 0 amide bonds. The number of fused-ring (bicyclic) bond motifs is 1. The second-order valence-corrected chi connectivity index (χ2v) is 6.40. The highest BCUT2D eigenvalue weighted by Crippen LogP contribution is 2.25. The second-order valence-electron chi connectivity index (χ2n) is 6.40. The van der Waals surface area contributed by atoms with Crippen molar-refractivity contribution in [2.75, 3.05) is 50.1 Å². The highest BCUT2D eigenvalue weighted by molar-refractivity contribution is 5.46. The molecule has 5 nitrogen and oxygen atoms in total. The van der Waals surface area contributed by atoms with Crippen LogP contribution in [0.5, 0.6) is 0 Å². The van der Waals surface area contributed by atoms with E-state index in [1.807, 2.05) is 19.0 Å². The minimum absolute atomic E-state index is 0.718. The lowest BCUT2D eigenvalue weighted by Crippen LogP contribution is -2.55. The zero-order valence-electron chi connectivity index (χ0n) is 13.5. The topological polar surface area (TPSA) is 35.5 Å². The van der Waals surface area contributed by atoms with Gasteiger partial charge in [-0.25, -0.2) is 4.98 Å². The molecule has 0 aliphatic carbocycles. The fraction of sp³-hybridized carbons (Fsp3) is 0.750. The van der Waals surface area contributed by atoms with E-state index < -0.39 is 0 Å². The third kappa shape index (κ3) is 3.12. The van der Waals surface area contributed by atoms with Crippen LogP contribution >= 0.6 is 0 Å². The quantitative estimate of drug-likeness (QED) is 0.847. The third-order valence-electron chi connectivity index (χ3n) is 4.68. The Bertz CT molecular complexity index is 488. The Morgan fingerprint density at radius 1 is 1.19 bits per heavy atom. The summed E-state index contributed by atoms with van der Waals surface area (Å²) in [5.74, 6) is 1.94. The van der Waals surface area contributed by atoms with Crippen molar-refractivity contribution >= 4 is 11.8 Å². The van der Waals surface area contributed by atoms with E-state index in [0.717, 1.165) is 43.0 Å². The van der Waals surface area contributed by atoms with Gasteiger partial charge >= 0.3 is 0 Å². The second kappa shape index (κ2) is 6.18. The van der Waals surface area contributed by atoms with Gasteiger partial charge in [-0.3, -0.25) is 4.90 Å². The van der Waals surface area contributed by atoms with Gasteiger partial charge in [0, 0.05) is 51.5 Å². The molecule has 0 spiro atoms. The van der Waals surface area contributed by atoms with E-state index in [1.165, 1.54) is 32.4 Å². The molecule has 5 heteroatoms. The van der Waals surface area contributed by atoms with Gasteiger partial charge < -0.3 is 9.80 Å². The fourth-order valence-electron chi connectivity index (χ4n) is 3.38. The number of aryl methyl sites for hydroxylation is 1. The van der Waals surface area contributed by atoms with Crippen LogP contribution in [-0.2, 0) is 6.42 Å². The van der Waals surface area contributed by atoms with Crippen LogP contribution < -0.4 is 9.80 Å². The summed E-state index contributed by atoms with van der Waals surface area (Å²) in [7, 11) is 4.02. The number of rotatable bonds is 3. The molecule has 116 valence electrons. The molecule has 1 aromatic heterocycles. The van der Waals surface area contributed by atoms with Crippen LogP contribution in [0.15, 0.2) is 6.07 Å². The highest BCUT2D eigenvalue weighted by Gasteiger charge is 2.29. The number of hydrogen-bond acceptors (Lipinski definition) is 5. The fourth-order valence-corrected chi connectivity index (χ4v) is 3.38. The van der Waals surface area contributed by atoms with E-state index in [2.05, 4.69) is 27.8 Å². The summed E-state index contributed by atoms with van der Waals surface area (Å²) in [6.07, 6.45) is 5.04. The van der Waals surface area contributed by atoms with Crippen LogP contribution in [0, 0.1) is 0 Å². The van der Waals surface area contributed by atoms with Crippen molar-refractivity contribution in [2.24, 2.45) is 0 Å². The molecule has 2 fully saturated rings. The minimum atomic E-state index is 0.718. The molecular weight excluding hydrogens is 262 g/mol. The molecule has 2 aliphatic heterocycles. The number of anilines is 2. The lowest BCUT2D eigenvalue weighted by Gasteiger charge is -2.44. The van der Waals surface area contributed by atoms with Crippen LogP contribution in [0.2, 0.25) is 0 Å². The third-order valence-corrected chi connectivity index (χ3v) is 4.68. The minimum Gasteiger partial charge on any atom is -0.354 e. The smallest absolute Gasteiger partial charge is 0.227 e. The Hall–Kier alpha value is -1.36. The largest absolute Gasteiger partial charge is 0.354 e. The maximum absolute atomic E-state index is 4.76. The van der Waals surface area contributed by atoms with Gasteiger partial charge in [-0.2, -0.15) is 4.98 Å². The zero-order valence-corrected chi connectivity index (χ0v) is 13.5. The van der Waals surface area contributed by atoms with Crippen molar-refractivity contribution in [1.29, 1.82) is 0 Å². The summed E-state index contributed by atoms with van der Waals surface area (Å²) < 4.78 is 0. The summed E-state index contributed by atoms with van der Waals surface area (Å²) in [6.45, 7) is 6.82. The number of piperidine rings is 1. The number of hydrogen-bond donors (Lipinski definition) is 0. The Kier molecular flexibility index (Phi) is 4.29. The summed E-state index contributed by atoms with van der Waals surface area (Å²) in [6, 6.07) is 2.89. The monoisotopic (exact) mass is 289 g/mol. The van der Waals surface area contributed by atoms with E-state index in [9.17, 15) is 0 Å². The van der Waals surface area contributed by atoms with Gasteiger partial charge in [0.1, 0.15) is 5.82 Å². The van der Waals surface area contributed by atoms with Crippen molar-refractivity contribution < 1.29 is 0 Å². The molecule has 3 heterocycles. The van der Waals surface area contributed by atoms with E-state index in [1.54, 1.807) is 0 Å². The molecule has 0 saturated carbocycles. The van der Waals surface area contributed by atoms with Crippen LogP contribution in [0.1, 0.15) is 31.9 Å². The number of aromatic nitrogens is 2. The van der Waals surface area contributed by atoms with Crippen LogP contribution in [0.25, 0.3) is 0 Å². The first-order chi connectivity index (χ1) is 10.2. The Morgan fingerprint density at radius 3 is 2.81 bits per heavy atom. The standard InChI is InChI=1S/C16H27N5/c1-4-13-11-15(18-16(17-13)19(2)3)21-10-9-20-8-6-5-7-14(20)12-21/h11,14H,4-10,12H2,1-3H3. The first-order valence-corrected chi connectivity index (χ1v) is 8.21. The van der Waals surface area contributed by atoms with Crippen molar-refractivity contribution in [3.05, 3.63) is 11.8 Å². The predicted molar refractivity (Wildman–Crippen MR) is 87.2 cm³/mol. The van der Waals surface area contributed by atoms with Crippen molar-refractivity contribution in [3.63, 3.8) is 0 Å². The van der Waals surface area contributed by atoms with Crippen LogP contribution in [0.4, 0.5) is 11.8 Å². The number of nitrogens with zero attached hydrogens (tertiary/aromatic N) is 5. The van der Waals surface area contributed by atoms with E-state index in [4.69, 9.17) is 4.98 Å². The zero-order chi connectivity index (χ0) is 14.8. The van der Waals surface area contributed by atoms with Gasteiger partial charge in [-0.05, 0) is 25.8 Å². The van der Waals surface area contributed by atoms with E-state index in [-0.39, 0.29) is 0 Å². The molecule has 2 saturated heterocycles. The van der Waals surface area contributed by atoms with Gasteiger partial charge in [0.15, 0.2) is 0 Å². The molecule has 3 rings (SSSR count). The molecule has 1 aromatic rings. The first kappa shape index (κ1) is 14.6. The molecular formula is C16H27N5. The lowest BCUT2D eigenvalue weighted by atomic mass is 9.99. The normalized spacial score (nSPS) is 23.0. The van der Waals surface area contributed by atoms with Crippen molar-refractivity contribution in [1.82, 2.24) is 14.9 Å². The molecule has 0 aromatic carbocycles. The molecule has 2 aliphatic rings. The van der Waals surface area contributed by atoms with Gasteiger partial charge in [-0.15, -0.1) is 0 Å². The Morgan fingerprint density at radius 2 is 2.05 bits per heavy atom. The summed E-state index contributed by atoms with van der Waals surface area (Å²) in [4.78, 5) is 16.5. The predicted octanol–water partition coefficient (Wildman–Crippen LogP) is 1.78. The maximum Gasteiger partial charge on any atom is 0.227 e. The van der Waals surface area contributed by atoms with Gasteiger partial charge in [-0.1, -0.05) is 13.3 Å². The average Bonchev–Trinajstić information content (AvgIpc) is 2.53. The molecule has 0 radical (unpaired) electrons. The average molecular weight is 289 g/mol. The summed E-state index contributed by atoms with van der Waals surface area (Å²) in [5, 5.41) is 0. The van der Waals surface area contributed by atoms with Gasteiger partial charge in [0.25, 0.3) is 0 Å². The van der Waals surface area contributed by atoms with Gasteiger partial charge in [0.2, 0.25) is 5.95 Å². The Labute approximate surface area is 128 Å². The summed E-state index contributed by atoms with van der Waals surface area (Å²) in [5.41, 5.74) is 1.13. The van der Waals surface area contributed by atoms with Gasteiger partial charge in [0.05, 0.1) is 0 Å². The lowest BCUT2D eigenvalue weighted by molar-refractivity contribution is 0.133. The molecule has 0 N–H and O–H groups in total. The molecule has 1 unspecified atom stereocenters. The Balaban J connectivity index is 1.81. The maximum atomic E-state index is 4.76. The SMILES string of the molecule is CCc1cc(N2CCN3CCCCC3C2)nc(N(C)C)n1. The van der Waals surface area contributed by atoms with E-state index in [0.29, 0.717) is 0 Å². The van der Waals surface area contributed by atoms with Crippen molar-refractivity contribution in [3.8, 4) is 0 Å². The molecule has 0 bridgehead atoms.